The Bertz CT molecular complexity index is 502. The first-order valence-electron chi connectivity index (χ1n) is 4.51. The number of tetrazole rings is 1. The van der Waals surface area contributed by atoms with Gasteiger partial charge in [0.05, 0.1) is 11.5 Å². The van der Waals surface area contributed by atoms with Crippen LogP contribution in [-0.4, -0.2) is 25.3 Å². The molecule has 0 bridgehead atoms. The molecule has 0 radical (unpaired) electrons. The highest BCUT2D eigenvalue weighted by Crippen LogP contribution is 2.30. The molecule has 0 spiro atoms. The van der Waals surface area contributed by atoms with Crippen LogP contribution in [0.4, 0.5) is 4.39 Å². The van der Waals surface area contributed by atoms with Gasteiger partial charge in [0.15, 0.2) is 0 Å². The van der Waals surface area contributed by atoms with E-state index in [2.05, 4.69) is 15.5 Å². The molecule has 0 atom stereocenters. The zero-order chi connectivity index (χ0) is 11.5. The first kappa shape index (κ1) is 11.0. The zero-order valence-electron chi connectivity index (χ0n) is 8.46. The molecule has 0 unspecified atom stereocenters. The Balaban J connectivity index is 2.37. The van der Waals surface area contributed by atoms with Crippen LogP contribution in [-0.2, 0) is 13.7 Å². The number of halogens is 1. The molecule has 0 amide bonds. The summed E-state index contributed by atoms with van der Waals surface area (Å²) in [7, 11) is 1.67. The molecule has 2 aromatic rings. The van der Waals surface area contributed by atoms with Crippen molar-refractivity contribution in [2.24, 2.45) is 7.05 Å². The fourth-order valence-electron chi connectivity index (χ4n) is 1.19. The fourth-order valence-corrected chi connectivity index (χ4v) is 2.05. The molecule has 16 heavy (non-hydrogen) atoms. The largest absolute Gasteiger partial charge is 0.392 e. The van der Waals surface area contributed by atoms with Crippen molar-refractivity contribution in [3.63, 3.8) is 0 Å². The van der Waals surface area contributed by atoms with Crippen molar-refractivity contribution in [3.05, 3.63) is 29.6 Å². The number of aliphatic hydroxyl groups is 1. The van der Waals surface area contributed by atoms with Gasteiger partial charge in [0.25, 0.3) is 0 Å². The van der Waals surface area contributed by atoms with Crippen LogP contribution in [0.1, 0.15) is 5.56 Å². The number of rotatable bonds is 3. The Morgan fingerprint density at radius 2 is 2.31 bits per heavy atom. The lowest BCUT2D eigenvalue weighted by Gasteiger charge is -2.06. The van der Waals surface area contributed by atoms with Gasteiger partial charge in [-0.25, -0.2) is 9.07 Å². The van der Waals surface area contributed by atoms with Crippen LogP contribution >= 0.6 is 11.8 Å². The summed E-state index contributed by atoms with van der Waals surface area (Å²) in [5, 5.41) is 20.4. The summed E-state index contributed by atoms with van der Waals surface area (Å²) in [5.41, 5.74) is 0.521. The van der Waals surface area contributed by atoms with Crippen molar-refractivity contribution in [2.75, 3.05) is 0 Å². The van der Waals surface area contributed by atoms with Gasteiger partial charge < -0.3 is 5.11 Å². The predicted octanol–water partition coefficient (Wildman–Crippen LogP) is 0.993. The van der Waals surface area contributed by atoms with Gasteiger partial charge >= 0.3 is 0 Å². The van der Waals surface area contributed by atoms with E-state index < -0.39 is 0 Å². The Morgan fingerprint density at radius 1 is 1.50 bits per heavy atom. The van der Waals surface area contributed by atoms with Gasteiger partial charge in [0.1, 0.15) is 5.82 Å². The maximum atomic E-state index is 13.6. The molecule has 0 aliphatic rings. The van der Waals surface area contributed by atoms with Crippen LogP contribution in [0, 0.1) is 5.82 Å². The average Bonchev–Trinajstić information content (AvgIpc) is 2.67. The third-order valence-electron chi connectivity index (χ3n) is 1.99. The van der Waals surface area contributed by atoms with Crippen molar-refractivity contribution >= 4 is 11.8 Å². The maximum absolute atomic E-state index is 13.6. The highest BCUT2D eigenvalue weighted by Gasteiger charge is 2.12. The smallest absolute Gasteiger partial charge is 0.213 e. The molecule has 0 fully saturated rings. The van der Waals surface area contributed by atoms with E-state index in [1.165, 1.54) is 10.7 Å². The van der Waals surface area contributed by atoms with Crippen molar-refractivity contribution in [1.29, 1.82) is 0 Å². The first-order valence-corrected chi connectivity index (χ1v) is 5.32. The lowest BCUT2D eigenvalue weighted by Crippen LogP contribution is -1.96. The van der Waals surface area contributed by atoms with Gasteiger partial charge in [-0.15, -0.1) is 5.10 Å². The standard InChI is InChI=1S/C9H9FN4OS/c1-14-9(11-12-13-14)16-8-6(5-15)3-2-4-7(8)10/h2-4,15H,5H2,1H3. The molecule has 84 valence electrons. The van der Waals surface area contributed by atoms with E-state index in [4.69, 9.17) is 5.11 Å². The van der Waals surface area contributed by atoms with E-state index in [-0.39, 0.29) is 12.4 Å². The summed E-state index contributed by atoms with van der Waals surface area (Å²) in [5.74, 6) is -0.389. The summed E-state index contributed by atoms with van der Waals surface area (Å²) < 4.78 is 15.0. The minimum Gasteiger partial charge on any atom is -0.392 e. The average molecular weight is 240 g/mol. The van der Waals surface area contributed by atoms with Crippen molar-refractivity contribution < 1.29 is 9.50 Å². The minimum atomic E-state index is -0.389. The first-order chi connectivity index (χ1) is 7.72. The summed E-state index contributed by atoms with van der Waals surface area (Å²) >= 11 is 1.09. The second-order valence-electron chi connectivity index (χ2n) is 3.07. The quantitative estimate of drug-likeness (QED) is 0.866. The maximum Gasteiger partial charge on any atom is 0.213 e. The van der Waals surface area contributed by atoms with Gasteiger partial charge in [0, 0.05) is 7.05 Å². The number of nitrogens with zero attached hydrogens (tertiary/aromatic N) is 4. The van der Waals surface area contributed by atoms with E-state index in [9.17, 15) is 4.39 Å². The second-order valence-corrected chi connectivity index (χ2v) is 4.05. The molecule has 1 N–H and O–H groups in total. The molecule has 1 heterocycles. The molecule has 0 saturated carbocycles. The number of hydrogen-bond acceptors (Lipinski definition) is 5. The van der Waals surface area contributed by atoms with E-state index in [1.54, 1.807) is 19.2 Å². The molecule has 1 aromatic heterocycles. The monoisotopic (exact) mass is 240 g/mol. The Labute approximate surface area is 95.3 Å². The molecule has 0 aliphatic heterocycles. The van der Waals surface area contributed by atoms with Crippen molar-refractivity contribution in [2.45, 2.75) is 16.7 Å². The fraction of sp³-hybridized carbons (Fsp3) is 0.222. The SMILES string of the molecule is Cn1nnnc1Sc1c(F)cccc1CO. The van der Waals surface area contributed by atoms with Gasteiger partial charge in [-0.3, -0.25) is 0 Å². The van der Waals surface area contributed by atoms with E-state index in [0.29, 0.717) is 15.6 Å². The van der Waals surface area contributed by atoms with E-state index in [0.717, 1.165) is 11.8 Å². The molecule has 0 saturated heterocycles. The Kier molecular flexibility index (Phi) is 3.16. The van der Waals surface area contributed by atoms with Crippen LogP contribution in [0.2, 0.25) is 0 Å². The zero-order valence-corrected chi connectivity index (χ0v) is 9.28. The van der Waals surface area contributed by atoms with Crippen molar-refractivity contribution in [3.8, 4) is 0 Å². The third kappa shape index (κ3) is 2.05. The van der Waals surface area contributed by atoms with E-state index in [1.807, 2.05) is 0 Å². The number of aromatic nitrogens is 4. The number of aliphatic hydroxyl groups excluding tert-OH is 1. The van der Waals surface area contributed by atoms with Crippen LogP contribution in [0.15, 0.2) is 28.3 Å². The highest BCUT2D eigenvalue weighted by atomic mass is 32.2. The van der Waals surface area contributed by atoms with Gasteiger partial charge in [-0.05, 0) is 33.8 Å². The molecule has 7 heteroatoms. The van der Waals surface area contributed by atoms with Crippen LogP contribution in [0.25, 0.3) is 0 Å². The summed E-state index contributed by atoms with van der Waals surface area (Å²) in [6.07, 6.45) is 0. The van der Waals surface area contributed by atoms with Crippen molar-refractivity contribution in [1.82, 2.24) is 20.2 Å². The molecule has 2 rings (SSSR count). The Morgan fingerprint density at radius 3 is 2.94 bits per heavy atom. The van der Waals surface area contributed by atoms with Gasteiger partial charge in [-0.2, -0.15) is 0 Å². The molecule has 0 aliphatic carbocycles. The lowest BCUT2D eigenvalue weighted by molar-refractivity contribution is 0.277. The van der Waals surface area contributed by atoms with Crippen LogP contribution in [0.5, 0.6) is 0 Å². The van der Waals surface area contributed by atoms with Crippen LogP contribution < -0.4 is 0 Å². The summed E-state index contributed by atoms with van der Waals surface area (Å²) in [4.78, 5) is 0.350. The topological polar surface area (TPSA) is 63.8 Å². The van der Waals surface area contributed by atoms with E-state index >= 15 is 0 Å². The summed E-state index contributed by atoms with van der Waals surface area (Å²) in [6.45, 7) is -0.217. The second kappa shape index (κ2) is 4.58. The van der Waals surface area contributed by atoms with Crippen LogP contribution in [0.3, 0.4) is 0 Å². The number of hydrogen-bond donors (Lipinski definition) is 1. The highest BCUT2D eigenvalue weighted by molar-refractivity contribution is 7.99. The molecule has 1 aromatic carbocycles. The number of aryl methyl sites for hydroxylation is 1. The normalized spacial score (nSPS) is 10.7. The minimum absolute atomic E-state index is 0.217. The lowest BCUT2D eigenvalue weighted by atomic mass is 10.2. The molecular formula is C9H9FN4OS. The Hall–Kier alpha value is -1.47. The molecular weight excluding hydrogens is 231 g/mol. The third-order valence-corrected chi connectivity index (χ3v) is 3.18. The number of benzene rings is 1. The predicted molar refractivity (Wildman–Crippen MR) is 55.2 cm³/mol. The molecule has 5 nitrogen and oxygen atoms in total. The van der Waals surface area contributed by atoms with Gasteiger partial charge in [0.2, 0.25) is 5.16 Å². The summed E-state index contributed by atoms with van der Waals surface area (Å²) in [6, 6.07) is 4.56. The van der Waals surface area contributed by atoms with Gasteiger partial charge in [-0.1, -0.05) is 12.1 Å².